The van der Waals surface area contributed by atoms with Crippen LogP contribution in [0.1, 0.15) is 49.5 Å². The zero-order valence-corrected chi connectivity index (χ0v) is 12.8. The predicted octanol–water partition coefficient (Wildman–Crippen LogP) is 2.58. The van der Waals surface area contributed by atoms with E-state index >= 15 is 0 Å². The maximum Gasteiger partial charge on any atom is 0.117 e. The number of ether oxygens (including phenoxy) is 1. The molecule has 1 aromatic heterocycles. The summed E-state index contributed by atoms with van der Waals surface area (Å²) in [5.41, 5.74) is 0. The van der Waals surface area contributed by atoms with Crippen molar-refractivity contribution in [1.29, 1.82) is 0 Å². The molecule has 19 heavy (non-hydrogen) atoms. The normalized spacial score (nSPS) is 19.4. The Labute approximate surface area is 120 Å². The molecule has 1 unspecified atom stereocenters. The van der Waals surface area contributed by atoms with Gasteiger partial charge in [-0.05, 0) is 32.2 Å². The minimum Gasteiger partial charge on any atom is -0.378 e. The van der Waals surface area contributed by atoms with Crippen LogP contribution in [0.4, 0.5) is 0 Å². The van der Waals surface area contributed by atoms with E-state index < -0.39 is 0 Å². The molecule has 1 fully saturated rings. The highest BCUT2D eigenvalue weighted by Crippen LogP contribution is 2.19. The summed E-state index contributed by atoms with van der Waals surface area (Å²) < 4.78 is 5.63. The van der Waals surface area contributed by atoms with Crippen molar-refractivity contribution in [2.24, 2.45) is 0 Å². The van der Waals surface area contributed by atoms with E-state index in [9.17, 15) is 0 Å². The quantitative estimate of drug-likeness (QED) is 0.745. The molecule has 1 N–H and O–H groups in total. The highest BCUT2D eigenvalue weighted by Gasteiger charge is 2.16. The van der Waals surface area contributed by atoms with Crippen molar-refractivity contribution >= 4 is 11.3 Å². The summed E-state index contributed by atoms with van der Waals surface area (Å²) in [5, 5.41) is 14.3. The first-order valence-electron chi connectivity index (χ1n) is 7.40. The highest BCUT2D eigenvalue weighted by molar-refractivity contribution is 7.11. The van der Waals surface area contributed by atoms with Gasteiger partial charge in [0.2, 0.25) is 0 Å². The van der Waals surface area contributed by atoms with Crippen molar-refractivity contribution < 1.29 is 4.74 Å². The van der Waals surface area contributed by atoms with E-state index in [0.29, 0.717) is 12.1 Å². The van der Waals surface area contributed by atoms with Gasteiger partial charge in [0, 0.05) is 25.5 Å². The fourth-order valence-electron chi connectivity index (χ4n) is 2.28. The molecule has 0 spiro atoms. The van der Waals surface area contributed by atoms with Crippen LogP contribution in [0, 0.1) is 0 Å². The lowest BCUT2D eigenvalue weighted by atomic mass is 10.1. The molecule has 4 nitrogen and oxygen atoms in total. The van der Waals surface area contributed by atoms with Gasteiger partial charge in [-0.3, -0.25) is 0 Å². The molecule has 2 rings (SSSR count). The average molecular weight is 283 g/mol. The molecule has 0 bridgehead atoms. The first-order chi connectivity index (χ1) is 9.24. The van der Waals surface area contributed by atoms with Crippen LogP contribution in [0.25, 0.3) is 0 Å². The van der Waals surface area contributed by atoms with Crippen LogP contribution in [-0.2, 0) is 17.6 Å². The van der Waals surface area contributed by atoms with E-state index in [1.807, 2.05) is 0 Å². The molecule has 5 heteroatoms. The van der Waals surface area contributed by atoms with Gasteiger partial charge in [-0.15, -0.1) is 21.5 Å². The summed E-state index contributed by atoms with van der Waals surface area (Å²) in [6, 6.07) is 0.566. The molecule has 2 heterocycles. The van der Waals surface area contributed by atoms with Crippen molar-refractivity contribution in [3.63, 3.8) is 0 Å². The van der Waals surface area contributed by atoms with Crippen LogP contribution in [0.15, 0.2) is 0 Å². The minimum absolute atomic E-state index is 0.461. The van der Waals surface area contributed by atoms with Gasteiger partial charge in [-0.2, -0.15) is 0 Å². The molecule has 0 amide bonds. The molecule has 0 saturated carbocycles. The Kier molecular flexibility index (Phi) is 6.20. The van der Waals surface area contributed by atoms with Gasteiger partial charge in [-0.1, -0.05) is 13.8 Å². The summed E-state index contributed by atoms with van der Waals surface area (Å²) in [5.74, 6) is 0. The van der Waals surface area contributed by atoms with Gasteiger partial charge in [0.1, 0.15) is 10.0 Å². The first-order valence-corrected chi connectivity index (χ1v) is 8.22. The third kappa shape index (κ3) is 5.55. The standard InChI is InChI=1S/C14H25N3OS/c1-11(2)15-9-3-6-13-16-17-14(19-13)8-7-12-5-4-10-18-12/h11-12,15H,3-10H2,1-2H3. The van der Waals surface area contributed by atoms with Gasteiger partial charge in [0.25, 0.3) is 0 Å². The zero-order valence-electron chi connectivity index (χ0n) is 12.0. The summed E-state index contributed by atoms with van der Waals surface area (Å²) in [7, 11) is 0. The average Bonchev–Trinajstić information content (AvgIpc) is 3.03. The number of nitrogens with zero attached hydrogens (tertiary/aromatic N) is 2. The SMILES string of the molecule is CC(C)NCCCc1nnc(CCC2CCCO2)s1. The lowest BCUT2D eigenvalue weighted by molar-refractivity contribution is 0.104. The van der Waals surface area contributed by atoms with E-state index in [1.165, 1.54) is 22.9 Å². The Bertz CT molecular complexity index is 361. The maximum absolute atomic E-state index is 5.63. The number of nitrogens with one attached hydrogen (secondary N) is 1. The Balaban J connectivity index is 1.63. The molecule has 1 saturated heterocycles. The number of aryl methyl sites for hydroxylation is 2. The first kappa shape index (κ1) is 14.9. The van der Waals surface area contributed by atoms with Gasteiger partial charge in [0.05, 0.1) is 6.10 Å². The van der Waals surface area contributed by atoms with Crippen LogP contribution in [0.3, 0.4) is 0 Å². The topological polar surface area (TPSA) is 47.0 Å². The van der Waals surface area contributed by atoms with Gasteiger partial charge < -0.3 is 10.1 Å². The summed E-state index contributed by atoms with van der Waals surface area (Å²) in [6.07, 6.45) is 7.19. The smallest absolute Gasteiger partial charge is 0.117 e. The Morgan fingerprint density at radius 1 is 1.32 bits per heavy atom. The lowest BCUT2D eigenvalue weighted by Crippen LogP contribution is -2.23. The van der Waals surface area contributed by atoms with Gasteiger partial charge >= 0.3 is 0 Å². The monoisotopic (exact) mass is 283 g/mol. The predicted molar refractivity (Wildman–Crippen MR) is 78.7 cm³/mol. The molecule has 0 aromatic carbocycles. The zero-order chi connectivity index (χ0) is 13.5. The minimum atomic E-state index is 0.461. The highest BCUT2D eigenvalue weighted by atomic mass is 32.1. The van der Waals surface area contributed by atoms with Crippen molar-refractivity contribution in [1.82, 2.24) is 15.5 Å². The second kappa shape index (κ2) is 7.92. The second-order valence-corrected chi connectivity index (χ2v) is 6.62. The van der Waals surface area contributed by atoms with Crippen LogP contribution < -0.4 is 5.32 Å². The second-order valence-electron chi connectivity index (χ2n) is 5.48. The fourth-order valence-corrected chi connectivity index (χ4v) is 3.18. The summed E-state index contributed by atoms with van der Waals surface area (Å²) in [4.78, 5) is 0. The Morgan fingerprint density at radius 3 is 2.79 bits per heavy atom. The van der Waals surface area contributed by atoms with Crippen LogP contribution >= 0.6 is 11.3 Å². The fraction of sp³-hybridized carbons (Fsp3) is 0.857. The summed E-state index contributed by atoms with van der Waals surface area (Å²) in [6.45, 7) is 6.35. The van der Waals surface area contributed by atoms with Crippen molar-refractivity contribution in [3.05, 3.63) is 10.0 Å². The Morgan fingerprint density at radius 2 is 2.11 bits per heavy atom. The van der Waals surface area contributed by atoms with E-state index in [1.54, 1.807) is 11.3 Å². The molecule has 1 atom stereocenters. The van der Waals surface area contributed by atoms with E-state index in [0.717, 1.165) is 38.8 Å². The van der Waals surface area contributed by atoms with E-state index in [-0.39, 0.29) is 0 Å². The van der Waals surface area contributed by atoms with Gasteiger partial charge in [-0.25, -0.2) is 0 Å². The van der Waals surface area contributed by atoms with Crippen LogP contribution in [0.2, 0.25) is 0 Å². The van der Waals surface area contributed by atoms with Crippen LogP contribution in [-0.4, -0.2) is 35.5 Å². The third-order valence-electron chi connectivity index (χ3n) is 3.33. The van der Waals surface area contributed by atoms with Crippen molar-refractivity contribution in [2.75, 3.05) is 13.2 Å². The molecule has 0 radical (unpaired) electrons. The number of aromatic nitrogens is 2. The molecule has 108 valence electrons. The van der Waals surface area contributed by atoms with E-state index in [4.69, 9.17) is 4.74 Å². The summed E-state index contributed by atoms with van der Waals surface area (Å²) >= 11 is 1.77. The number of rotatable bonds is 8. The van der Waals surface area contributed by atoms with Crippen LogP contribution in [0.5, 0.6) is 0 Å². The maximum atomic E-state index is 5.63. The molecular formula is C14H25N3OS. The third-order valence-corrected chi connectivity index (χ3v) is 4.38. The lowest BCUT2D eigenvalue weighted by Gasteiger charge is -2.06. The molecule has 1 aromatic rings. The molecule has 1 aliphatic heterocycles. The molecular weight excluding hydrogens is 258 g/mol. The van der Waals surface area contributed by atoms with Crippen molar-refractivity contribution in [3.8, 4) is 0 Å². The largest absolute Gasteiger partial charge is 0.378 e. The number of hydrogen-bond donors (Lipinski definition) is 1. The Hall–Kier alpha value is -0.520. The van der Waals surface area contributed by atoms with Gasteiger partial charge in [0.15, 0.2) is 0 Å². The molecule has 1 aliphatic rings. The van der Waals surface area contributed by atoms with Crippen molar-refractivity contribution in [2.45, 2.75) is 64.5 Å². The van der Waals surface area contributed by atoms with E-state index in [2.05, 4.69) is 29.4 Å². The number of hydrogen-bond acceptors (Lipinski definition) is 5. The molecule has 0 aliphatic carbocycles.